The Kier molecular flexibility index (Phi) is 3.15. The van der Waals surface area contributed by atoms with Gasteiger partial charge in [-0.1, -0.05) is 12.1 Å². The summed E-state index contributed by atoms with van der Waals surface area (Å²) in [6.45, 7) is 0.0176. The third-order valence-corrected chi connectivity index (χ3v) is 4.24. The molecule has 2 aliphatic rings. The molecule has 4 nitrogen and oxygen atoms in total. The van der Waals surface area contributed by atoms with Crippen LogP contribution in [-0.4, -0.2) is 24.4 Å². The van der Waals surface area contributed by atoms with Crippen molar-refractivity contribution in [2.45, 2.75) is 18.9 Å². The maximum absolute atomic E-state index is 13.1. The fourth-order valence-corrected chi connectivity index (χ4v) is 2.99. The van der Waals surface area contributed by atoms with E-state index in [9.17, 15) is 14.0 Å². The maximum Gasteiger partial charge on any atom is 0.258 e. The molecule has 23 heavy (non-hydrogen) atoms. The van der Waals surface area contributed by atoms with E-state index in [1.54, 1.807) is 0 Å². The highest BCUT2D eigenvalue weighted by atomic mass is 19.1. The molecule has 116 valence electrons. The third-order valence-electron chi connectivity index (χ3n) is 4.24. The van der Waals surface area contributed by atoms with Crippen LogP contribution < -0.4 is 9.80 Å². The van der Waals surface area contributed by atoms with Gasteiger partial charge in [0.2, 0.25) is 5.91 Å². The average molecular weight is 310 g/mol. The summed E-state index contributed by atoms with van der Waals surface area (Å²) < 4.78 is 13.1. The summed E-state index contributed by atoms with van der Waals surface area (Å²) in [6.07, 6.45) is 2.01. The summed E-state index contributed by atoms with van der Waals surface area (Å²) in [5.41, 5.74) is 1.88. The molecule has 1 saturated carbocycles. The van der Waals surface area contributed by atoms with Crippen molar-refractivity contribution in [3.63, 3.8) is 0 Å². The lowest BCUT2D eigenvalue weighted by atomic mass is 10.1. The molecule has 0 unspecified atom stereocenters. The first-order valence-corrected chi connectivity index (χ1v) is 7.63. The second-order valence-electron chi connectivity index (χ2n) is 5.88. The Hall–Kier alpha value is -2.69. The Labute approximate surface area is 133 Å². The molecule has 0 radical (unpaired) electrons. The molecule has 0 saturated heterocycles. The number of carbonyl (C=O) groups is 2. The Balaban J connectivity index is 1.74. The van der Waals surface area contributed by atoms with Gasteiger partial charge in [0.1, 0.15) is 12.4 Å². The van der Waals surface area contributed by atoms with Crippen LogP contribution in [0.25, 0.3) is 0 Å². The van der Waals surface area contributed by atoms with Gasteiger partial charge >= 0.3 is 0 Å². The Morgan fingerprint density at radius 1 is 1.00 bits per heavy atom. The molecular formula is C18H15FN2O2. The van der Waals surface area contributed by atoms with E-state index in [0.29, 0.717) is 5.56 Å². The van der Waals surface area contributed by atoms with Crippen LogP contribution in [0.1, 0.15) is 23.2 Å². The fourth-order valence-electron chi connectivity index (χ4n) is 2.99. The number of para-hydroxylation sites is 2. The first-order valence-electron chi connectivity index (χ1n) is 7.63. The summed E-state index contributed by atoms with van der Waals surface area (Å²) >= 11 is 0. The van der Waals surface area contributed by atoms with Gasteiger partial charge in [0.25, 0.3) is 5.91 Å². The fraction of sp³-hybridized carbons (Fsp3) is 0.222. The van der Waals surface area contributed by atoms with Crippen LogP contribution in [0.2, 0.25) is 0 Å². The van der Waals surface area contributed by atoms with E-state index in [0.717, 1.165) is 24.2 Å². The molecule has 0 spiro atoms. The largest absolute Gasteiger partial charge is 0.306 e. The second kappa shape index (κ2) is 5.19. The van der Waals surface area contributed by atoms with Crippen LogP contribution >= 0.6 is 0 Å². The van der Waals surface area contributed by atoms with E-state index >= 15 is 0 Å². The smallest absolute Gasteiger partial charge is 0.258 e. The highest BCUT2D eigenvalue weighted by Gasteiger charge is 2.40. The Morgan fingerprint density at radius 3 is 2.30 bits per heavy atom. The van der Waals surface area contributed by atoms with Crippen LogP contribution in [0.3, 0.4) is 0 Å². The maximum atomic E-state index is 13.1. The molecule has 0 bridgehead atoms. The number of amides is 2. The minimum absolute atomic E-state index is 0.0176. The molecular weight excluding hydrogens is 295 g/mol. The van der Waals surface area contributed by atoms with Crippen molar-refractivity contribution in [1.29, 1.82) is 0 Å². The van der Waals surface area contributed by atoms with Gasteiger partial charge in [0.05, 0.1) is 11.4 Å². The van der Waals surface area contributed by atoms with Crippen LogP contribution in [0.4, 0.5) is 15.8 Å². The minimum Gasteiger partial charge on any atom is -0.306 e. The zero-order chi connectivity index (χ0) is 16.0. The van der Waals surface area contributed by atoms with Crippen molar-refractivity contribution in [3.8, 4) is 0 Å². The number of hydrogen-bond donors (Lipinski definition) is 0. The number of anilines is 2. The zero-order valence-electron chi connectivity index (χ0n) is 12.4. The summed E-state index contributed by atoms with van der Waals surface area (Å²) in [6, 6.07) is 13.1. The predicted octanol–water partition coefficient (Wildman–Crippen LogP) is 2.98. The number of fused-ring (bicyclic) bond motifs is 1. The van der Waals surface area contributed by atoms with Crippen molar-refractivity contribution in [2.75, 3.05) is 16.3 Å². The SMILES string of the molecule is O=C(c1ccc(F)cc1)N1CC(=O)N(C2CC2)c2ccccc21. The lowest BCUT2D eigenvalue weighted by Gasteiger charge is -2.36. The third kappa shape index (κ3) is 2.38. The van der Waals surface area contributed by atoms with E-state index < -0.39 is 5.82 Å². The van der Waals surface area contributed by atoms with Crippen LogP contribution in [-0.2, 0) is 4.79 Å². The number of carbonyl (C=O) groups excluding carboxylic acids is 2. The summed E-state index contributed by atoms with van der Waals surface area (Å²) in [4.78, 5) is 28.5. The van der Waals surface area contributed by atoms with Crippen molar-refractivity contribution >= 4 is 23.2 Å². The minimum atomic E-state index is -0.392. The molecule has 2 aromatic carbocycles. The van der Waals surface area contributed by atoms with Crippen LogP contribution in [0, 0.1) is 5.82 Å². The predicted molar refractivity (Wildman–Crippen MR) is 85.0 cm³/mol. The van der Waals surface area contributed by atoms with E-state index in [4.69, 9.17) is 0 Å². The number of nitrogens with zero attached hydrogens (tertiary/aromatic N) is 2. The van der Waals surface area contributed by atoms with Gasteiger partial charge in [-0.2, -0.15) is 0 Å². The highest BCUT2D eigenvalue weighted by Crippen LogP contribution is 2.40. The first kappa shape index (κ1) is 13.9. The van der Waals surface area contributed by atoms with Gasteiger partial charge in [0, 0.05) is 11.6 Å². The van der Waals surface area contributed by atoms with Gasteiger partial charge in [-0.15, -0.1) is 0 Å². The summed E-state index contributed by atoms with van der Waals surface area (Å²) in [5, 5.41) is 0. The molecule has 1 aliphatic carbocycles. The van der Waals surface area contributed by atoms with E-state index in [1.807, 2.05) is 29.2 Å². The van der Waals surface area contributed by atoms with Crippen molar-refractivity contribution in [3.05, 3.63) is 59.9 Å². The zero-order valence-corrected chi connectivity index (χ0v) is 12.4. The number of halogens is 1. The number of hydrogen-bond acceptors (Lipinski definition) is 2. The molecule has 5 heteroatoms. The molecule has 0 aromatic heterocycles. The van der Waals surface area contributed by atoms with Crippen molar-refractivity contribution in [2.24, 2.45) is 0 Å². The molecule has 0 atom stereocenters. The highest BCUT2D eigenvalue weighted by molar-refractivity contribution is 6.16. The van der Waals surface area contributed by atoms with Crippen LogP contribution in [0.5, 0.6) is 0 Å². The Morgan fingerprint density at radius 2 is 1.65 bits per heavy atom. The van der Waals surface area contributed by atoms with E-state index in [-0.39, 0.29) is 24.4 Å². The van der Waals surface area contributed by atoms with Gasteiger partial charge in [-0.05, 0) is 49.2 Å². The normalized spacial score (nSPS) is 17.2. The topological polar surface area (TPSA) is 40.6 Å². The second-order valence-corrected chi connectivity index (χ2v) is 5.88. The van der Waals surface area contributed by atoms with Gasteiger partial charge in [-0.25, -0.2) is 4.39 Å². The molecule has 0 N–H and O–H groups in total. The quantitative estimate of drug-likeness (QED) is 0.855. The molecule has 4 rings (SSSR count). The number of rotatable bonds is 2. The van der Waals surface area contributed by atoms with Crippen LogP contribution in [0.15, 0.2) is 48.5 Å². The average Bonchev–Trinajstić information content (AvgIpc) is 3.39. The van der Waals surface area contributed by atoms with Gasteiger partial charge in [0.15, 0.2) is 0 Å². The standard InChI is InChI=1S/C18H15FN2O2/c19-13-7-5-12(6-8-13)18(23)20-11-17(22)21(14-9-10-14)16-4-2-1-3-15(16)20/h1-8,14H,9-11H2. The summed E-state index contributed by atoms with van der Waals surface area (Å²) in [5.74, 6) is -0.750. The molecule has 1 aliphatic heterocycles. The van der Waals surface area contributed by atoms with E-state index in [1.165, 1.54) is 29.2 Å². The molecule has 2 aromatic rings. The Bertz CT molecular complexity index is 784. The molecule has 2 amide bonds. The monoisotopic (exact) mass is 310 g/mol. The van der Waals surface area contributed by atoms with E-state index in [2.05, 4.69) is 0 Å². The van der Waals surface area contributed by atoms with Gasteiger partial charge < -0.3 is 4.90 Å². The number of benzene rings is 2. The summed E-state index contributed by atoms with van der Waals surface area (Å²) in [7, 11) is 0. The van der Waals surface area contributed by atoms with Crippen molar-refractivity contribution in [1.82, 2.24) is 0 Å². The molecule has 1 heterocycles. The molecule has 1 fully saturated rings. The van der Waals surface area contributed by atoms with Gasteiger partial charge in [-0.3, -0.25) is 14.5 Å². The lowest BCUT2D eigenvalue weighted by molar-refractivity contribution is -0.117. The van der Waals surface area contributed by atoms with Crippen molar-refractivity contribution < 1.29 is 14.0 Å². The lowest BCUT2D eigenvalue weighted by Crippen LogP contribution is -2.49. The first-order chi connectivity index (χ1) is 11.1.